The summed E-state index contributed by atoms with van der Waals surface area (Å²) in [5.41, 5.74) is 0.735. The van der Waals surface area contributed by atoms with Crippen LogP contribution in [0.1, 0.15) is 11.1 Å². The van der Waals surface area contributed by atoms with Gasteiger partial charge in [0.05, 0.1) is 21.4 Å². The van der Waals surface area contributed by atoms with Crippen molar-refractivity contribution >= 4 is 9.84 Å². The number of benzene rings is 2. The quantitative estimate of drug-likeness (QED) is 0.792. The van der Waals surface area contributed by atoms with Crippen LogP contribution < -0.4 is 0 Å². The molecule has 0 N–H and O–H groups in total. The lowest BCUT2D eigenvalue weighted by Gasteiger charge is -2.07. The zero-order chi connectivity index (χ0) is 14.0. The second-order valence-corrected chi connectivity index (χ2v) is 5.97. The molecule has 0 aliphatic rings. The molecule has 0 aliphatic carbocycles. The van der Waals surface area contributed by atoms with Crippen LogP contribution in [0.25, 0.3) is 0 Å². The summed E-state index contributed by atoms with van der Waals surface area (Å²) in [6, 6.07) is 11.1. The lowest BCUT2D eigenvalue weighted by atomic mass is 10.2. The third-order valence-electron chi connectivity index (χ3n) is 2.72. The predicted molar refractivity (Wildman–Crippen MR) is 67.7 cm³/mol. The van der Waals surface area contributed by atoms with Gasteiger partial charge in [0.2, 0.25) is 9.84 Å². The van der Waals surface area contributed by atoms with Crippen LogP contribution in [0.15, 0.2) is 52.3 Å². The van der Waals surface area contributed by atoms with Crippen LogP contribution in [0, 0.1) is 24.1 Å². The molecule has 96 valence electrons. The number of rotatable bonds is 2. The van der Waals surface area contributed by atoms with Crippen molar-refractivity contribution in [1.82, 2.24) is 0 Å². The van der Waals surface area contributed by atoms with Crippen LogP contribution in [0.4, 0.5) is 4.39 Å². The van der Waals surface area contributed by atoms with Crippen LogP contribution in [0.2, 0.25) is 0 Å². The number of sulfone groups is 1. The molecule has 0 unspecified atom stereocenters. The van der Waals surface area contributed by atoms with Crippen LogP contribution >= 0.6 is 0 Å². The molecule has 0 saturated carbocycles. The molecule has 0 heterocycles. The van der Waals surface area contributed by atoms with Crippen molar-refractivity contribution in [1.29, 1.82) is 5.26 Å². The van der Waals surface area contributed by atoms with E-state index >= 15 is 0 Å². The Hall–Kier alpha value is -2.19. The molecular formula is C14H10FNO2S. The Kier molecular flexibility index (Phi) is 3.36. The number of aryl methyl sites for hydroxylation is 1. The van der Waals surface area contributed by atoms with Gasteiger partial charge in [-0.25, -0.2) is 12.8 Å². The summed E-state index contributed by atoms with van der Waals surface area (Å²) < 4.78 is 37.7. The van der Waals surface area contributed by atoms with Gasteiger partial charge in [0.15, 0.2) is 0 Å². The highest BCUT2D eigenvalue weighted by Gasteiger charge is 2.19. The zero-order valence-corrected chi connectivity index (χ0v) is 10.9. The standard InChI is InChI=1S/C14H10FNO2S/c1-10-8-12(15)4-7-14(10)19(17,18)13-5-2-11(9-16)3-6-13/h2-8H,1H3. The van der Waals surface area contributed by atoms with E-state index in [0.717, 1.165) is 6.07 Å². The zero-order valence-electron chi connectivity index (χ0n) is 10.1. The van der Waals surface area contributed by atoms with E-state index in [9.17, 15) is 12.8 Å². The molecule has 0 bridgehead atoms. The van der Waals surface area contributed by atoms with E-state index in [0.29, 0.717) is 11.1 Å². The average Bonchev–Trinajstić information content (AvgIpc) is 2.38. The fourth-order valence-electron chi connectivity index (χ4n) is 1.75. The van der Waals surface area contributed by atoms with Crippen molar-refractivity contribution in [2.75, 3.05) is 0 Å². The highest BCUT2D eigenvalue weighted by atomic mass is 32.2. The average molecular weight is 275 g/mol. The summed E-state index contributed by atoms with van der Waals surface area (Å²) in [5, 5.41) is 8.68. The third kappa shape index (κ3) is 2.49. The Morgan fingerprint density at radius 2 is 1.74 bits per heavy atom. The lowest BCUT2D eigenvalue weighted by Crippen LogP contribution is -2.04. The summed E-state index contributed by atoms with van der Waals surface area (Å²) >= 11 is 0. The fourth-order valence-corrected chi connectivity index (χ4v) is 3.23. The summed E-state index contributed by atoms with van der Waals surface area (Å²) in [6.07, 6.45) is 0. The SMILES string of the molecule is Cc1cc(F)ccc1S(=O)(=O)c1ccc(C#N)cc1. The van der Waals surface area contributed by atoms with Gasteiger partial charge in [-0.15, -0.1) is 0 Å². The van der Waals surface area contributed by atoms with Crippen LogP contribution in [-0.4, -0.2) is 8.42 Å². The van der Waals surface area contributed by atoms with Crippen molar-refractivity contribution in [3.05, 3.63) is 59.4 Å². The van der Waals surface area contributed by atoms with Gasteiger partial charge in [0.25, 0.3) is 0 Å². The lowest BCUT2D eigenvalue weighted by molar-refractivity contribution is 0.593. The first-order chi connectivity index (χ1) is 8.95. The highest BCUT2D eigenvalue weighted by Crippen LogP contribution is 2.24. The van der Waals surface area contributed by atoms with Crippen LogP contribution in [-0.2, 0) is 9.84 Å². The van der Waals surface area contributed by atoms with Gasteiger partial charge in [-0.05, 0) is 55.0 Å². The Morgan fingerprint density at radius 1 is 1.11 bits per heavy atom. The topological polar surface area (TPSA) is 57.9 Å². The molecule has 19 heavy (non-hydrogen) atoms. The van der Waals surface area contributed by atoms with E-state index in [4.69, 9.17) is 5.26 Å². The molecule has 0 amide bonds. The minimum absolute atomic E-state index is 0.0682. The Balaban J connectivity index is 2.56. The maximum Gasteiger partial charge on any atom is 0.206 e. The monoisotopic (exact) mass is 275 g/mol. The van der Waals surface area contributed by atoms with Crippen molar-refractivity contribution in [2.24, 2.45) is 0 Å². The normalized spacial score (nSPS) is 11.0. The van der Waals surface area contributed by atoms with Gasteiger partial charge in [0, 0.05) is 0 Å². The van der Waals surface area contributed by atoms with Gasteiger partial charge in [-0.2, -0.15) is 5.26 Å². The molecule has 2 aromatic carbocycles. The maximum absolute atomic E-state index is 13.0. The number of hydrogen-bond acceptors (Lipinski definition) is 3. The number of halogens is 1. The fraction of sp³-hybridized carbons (Fsp3) is 0.0714. The van der Waals surface area contributed by atoms with Crippen LogP contribution in [0.3, 0.4) is 0 Å². The molecule has 0 atom stereocenters. The van der Waals surface area contributed by atoms with Crippen molar-refractivity contribution in [3.63, 3.8) is 0 Å². The van der Waals surface area contributed by atoms with Crippen molar-refractivity contribution in [3.8, 4) is 6.07 Å². The Labute approximate surface area is 110 Å². The molecule has 0 fully saturated rings. The third-order valence-corrected chi connectivity index (χ3v) is 4.65. The molecule has 0 saturated heterocycles. The first kappa shape index (κ1) is 13.2. The molecule has 0 radical (unpaired) electrons. The van der Waals surface area contributed by atoms with Crippen molar-refractivity contribution < 1.29 is 12.8 Å². The molecule has 3 nitrogen and oxygen atoms in total. The number of hydrogen-bond donors (Lipinski definition) is 0. The second-order valence-electron chi connectivity index (χ2n) is 4.05. The Morgan fingerprint density at radius 3 is 2.26 bits per heavy atom. The van der Waals surface area contributed by atoms with Crippen LogP contribution in [0.5, 0.6) is 0 Å². The number of nitriles is 1. The van der Waals surface area contributed by atoms with E-state index in [2.05, 4.69) is 0 Å². The molecule has 0 aromatic heterocycles. The minimum Gasteiger partial charge on any atom is -0.219 e. The van der Waals surface area contributed by atoms with E-state index in [1.54, 1.807) is 6.92 Å². The molecule has 2 rings (SSSR count). The molecule has 0 spiro atoms. The Bertz CT molecular complexity index is 759. The summed E-state index contributed by atoms with van der Waals surface area (Å²) in [4.78, 5) is 0.153. The van der Waals surface area contributed by atoms with Gasteiger partial charge in [-0.1, -0.05) is 0 Å². The second kappa shape index (κ2) is 4.82. The summed E-state index contributed by atoms with van der Waals surface area (Å²) in [7, 11) is -3.69. The van der Waals surface area contributed by atoms with E-state index in [1.807, 2.05) is 6.07 Å². The maximum atomic E-state index is 13.0. The summed E-state index contributed by atoms with van der Waals surface area (Å²) in [5.74, 6) is -0.476. The highest BCUT2D eigenvalue weighted by molar-refractivity contribution is 7.91. The van der Waals surface area contributed by atoms with E-state index in [1.165, 1.54) is 36.4 Å². The van der Waals surface area contributed by atoms with Gasteiger partial charge in [-0.3, -0.25) is 0 Å². The van der Waals surface area contributed by atoms with E-state index in [-0.39, 0.29) is 9.79 Å². The van der Waals surface area contributed by atoms with Gasteiger partial charge < -0.3 is 0 Å². The first-order valence-electron chi connectivity index (χ1n) is 5.46. The molecule has 2 aromatic rings. The molecule has 5 heteroatoms. The smallest absolute Gasteiger partial charge is 0.206 e. The number of nitrogens with zero attached hydrogens (tertiary/aromatic N) is 1. The van der Waals surface area contributed by atoms with Crippen molar-refractivity contribution in [2.45, 2.75) is 16.7 Å². The van der Waals surface area contributed by atoms with Gasteiger partial charge in [0.1, 0.15) is 5.82 Å². The van der Waals surface area contributed by atoms with E-state index < -0.39 is 15.7 Å². The largest absolute Gasteiger partial charge is 0.219 e. The minimum atomic E-state index is -3.69. The first-order valence-corrected chi connectivity index (χ1v) is 6.95. The molecular weight excluding hydrogens is 265 g/mol. The summed E-state index contributed by atoms with van der Waals surface area (Å²) in [6.45, 7) is 1.54. The molecule has 0 aliphatic heterocycles. The predicted octanol–water partition coefficient (Wildman–Crippen LogP) is 2.84. The van der Waals surface area contributed by atoms with Gasteiger partial charge >= 0.3 is 0 Å².